The van der Waals surface area contributed by atoms with E-state index in [9.17, 15) is 19.8 Å². The van der Waals surface area contributed by atoms with Crippen molar-refractivity contribution in [1.82, 2.24) is 0 Å². The minimum Gasteiger partial charge on any atom is -0.396 e. The second kappa shape index (κ2) is 8.32. The number of Topliss-reactive ketones (excluding diaryl/α,β-unsaturated/α-hetero) is 1. The monoisotopic (exact) mass is 448 g/mol. The van der Waals surface area contributed by atoms with E-state index < -0.39 is 5.60 Å². The van der Waals surface area contributed by atoms with Crippen LogP contribution in [-0.4, -0.2) is 34.0 Å². The van der Waals surface area contributed by atoms with E-state index in [0.29, 0.717) is 31.1 Å². The van der Waals surface area contributed by atoms with Gasteiger partial charge in [-0.2, -0.15) is 0 Å². The van der Waals surface area contributed by atoms with Crippen molar-refractivity contribution in [3.05, 3.63) is 58.2 Å². The molecule has 2 N–H and O–H groups in total. The average molecular weight is 449 g/mol. The van der Waals surface area contributed by atoms with Crippen LogP contribution in [0.25, 0.3) is 0 Å². The number of ketones is 2. The van der Waals surface area contributed by atoms with Gasteiger partial charge in [-0.3, -0.25) is 9.59 Å². The van der Waals surface area contributed by atoms with Gasteiger partial charge in [0.05, 0.1) is 5.60 Å². The number of carbonyl (C=O) groups is 2. The number of aliphatic hydroxyl groups excluding tert-OH is 1. The Hall–Kier alpha value is -2.04. The Labute approximate surface area is 196 Å². The third-order valence-corrected chi connectivity index (χ3v) is 9.52. The van der Waals surface area contributed by atoms with Crippen molar-refractivity contribution in [1.29, 1.82) is 0 Å². The van der Waals surface area contributed by atoms with Crippen LogP contribution in [-0.2, 0) is 4.79 Å². The molecule has 1 aromatic rings. The predicted octanol–water partition coefficient (Wildman–Crippen LogP) is 5.29. The van der Waals surface area contributed by atoms with Crippen LogP contribution < -0.4 is 0 Å². The summed E-state index contributed by atoms with van der Waals surface area (Å²) in [7, 11) is 0. The fourth-order valence-corrected chi connectivity index (χ4v) is 7.79. The van der Waals surface area contributed by atoms with Crippen molar-refractivity contribution >= 4 is 11.6 Å². The van der Waals surface area contributed by atoms with Crippen LogP contribution in [0.2, 0.25) is 0 Å². The van der Waals surface area contributed by atoms with Crippen molar-refractivity contribution in [3.63, 3.8) is 0 Å². The first-order valence-corrected chi connectivity index (χ1v) is 12.7. The lowest BCUT2D eigenvalue weighted by Crippen LogP contribution is -2.51. The number of fused-ring (bicyclic) bond motifs is 4. The molecule has 0 radical (unpaired) electrons. The number of carbonyl (C=O) groups excluding carboxylic acids is 2. The number of rotatable bonds is 5. The summed E-state index contributed by atoms with van der Waals surface area (Å²) in [5.74, 6) is 1.35. The zero-order valence-corrected chi connectivity index (χ0v) is 19.9. The summed E-state index contributed by atoms with van der Waals surface area (Å²) >= 11 is 0. The van der Waals surface area contributed by atoms with Gasteiger partial charge in [0.25, 0.3) is 0 Å². The molecule has 0 aromatic heterocycles. The van der Waals surface area contributed by atoms with E-state index in [4.69, 9.17) is 0 Å². The van der Waals surface area contributed by atoms with E-state index in [2.05, 4.69) is 19.1 Å². The predicted molar refractivity (Wildman–Crippen MR) is 128 cm³/mol. The zero-order valence-electron chi connectivity index (χ0n) is 19.9. The molecular formula is C29H36O4. The largest absolute Gasteiger partial charge is 0.396 e. The van der Waals surface area contributed by atoms with Crippen LogP contribution in [0.15, 0.2) is 47.1 Å². The van der Waals surface area contributed by atoms with Gasteiger partial charge in [-0.1, -0.05) is 36.8 Å². The molecule has 0 saturated heterocycles. The molecule has 0 amide bonds. The van der Waals surface area contributed by atoms with Crippen LogP contribution in [0.1, 0.15) is 93.5 Å². The van der Waals surface area contributed by atoms with E-state index in [1.54, 1.807) is 6.92 Å². The van der Waals surface area contributed by atoms with Crippen molar-refractivity contribution < 1.29 is 19.8 Å². The molecule has 4 aliphatic rings. The van der Waals surface area contributed by atoms with Gasteiger partial charge in [0.15, 0.2) is 11.6 Å². The summed E-state index contributed by atoms with van der Waals surface area (Å²) in [6.45, 7) is 4.00. The zero-order chi connectivity index (χ0) is 23.4. The fourth-order valence-electron chi connectivity index (χ4n) is 7.79. The van der Waals surface area contributed by atoms with Gasteiger partial charge in [0, 0.05) is 29.9 Å². The van der Waals surface area contributed by atoms with Gasteiger partial charge >= 0.3 is 0 Å². The Kier molecular flexibility index (Phi) is 5.73. The lowest BCUT2D eigenvalue weighted by Gasteiger charge is -2.55. The molecule has 176 valence electrons. The molecule has 4 aliphatic carbocycles. The summed E-state index contributed by atoms with van der Waals surface area (Å²) in [4.78, 5) is 24.0. The maximum atomic E-state index is 12.2. The Morgan fingerprint density at radius 3 is 2.58 bits per heavy atom. The van der Waals surface area contributed by atoms with E-state index in [-0.39, 0.29) is 29.5 Å². The molecule has 1 aromatic carbocycles. The van der Waals surface area contributed by atoms with Gasteiger partial charge in [-0.15, -0.1) is 0 Å². The Bertz CT molecular complexity index is 1030. The molecule has 5 atom stereocenters. The maximum absolute atomic E-state index is 12.2. The first-order chi connectivity index (χ1) is 15.8. The molecule has 0 heterocycles. The molecule has 0 spiro atoms. The summed E-state index contributed by atoms with van der Waals surface area (Å²) in [6.07, 6.45) is 9.26. The second-order valence-electron chi connectivity index (χ2n) is 11.1. The molecule has 4 nitrogen and oxygen atoms in total. The van der Waals surface area contributed by atoms with Crippen LogP contribution in [0.4, 0.5) is 0 Å². The molecule has 33 heavy (non-hydrogen) atoms. The minimum atomic E-state index is -0.757. The average Bonchev–Trinajstić information content (AvgIpc) is 3.07. The van der Waals surface area contributed by atoms with Crippen molar-refractivity contribution in [2.45, 2.75) is 83.2 Å². The molecule has 2 fully saturated rings. The highest BCUT2D eigenvalue weighted by Gasteiger charge is 2.62. The van der Waals surface area contributed by atoms with Gasteiger partial charge in [-0.05, 0) is 92.9 Å². The molecule has 0 bridgehead atoms. The number of hydrogen-bond acceptors (Lipinski definition) is 4. The third-order valence-electron chi connectivity index (χ3n) is 9.52. The van der Waals surface area contributed by atoms with Crippen molar-refractivity contribution in [2.24, 2.45) is 17.3 Å². The topological polar surface area (TPSA) is 74.6 Å². The Morgan fingerprint density at radius 2 is 1.88 bits per heavy atom. The van der Waals surface area contributed by atoms with Crippen LogP contribution >= 0.6 is 0 Å². The summed E-state index contributed by atoms with van der Waals surface area (Å²) in [6, 6.07) is 8.07. The van der Waals surface area contributed by atoms with E-state index in [0.717, 1.165) is 44.1 Å². The molecule has 2 unspecified atom stereocenters. The standard InChI is InChI=1S/C29H36O4/c1-18(31)19-4-6-20(7-5-19)25-17-28(2)26(12-14-29(28,33)13-3-15-30)24-10-8-21-16-22(32)9-11-23(21)27(24)25/h4-7,16,24-26,30,33H,3,8-15,17H2,1-2H3/t24?,25-,26?,28-,29-/m1/s1. The summed E-state index contributed by atoms with van der Waals surface area (Å²) in [5, 5.41) is 21.4. The Morgan fingerprint density at radius 1 is 1.12 bits per heavy atom. The summed E-state index contributed by atoms with van der Waals surface area (Å²) in [5.41, 5.74) is 5.10. The quantitative estimate of drug-likeness (QED) is 0.600. The fraction of sp³-hybridized carbons (Fsp3) is 0.586. The number of benzene rings is 1. The first-order valence-electron chi connectivity index (χ1n) is 12.7. The highest BCUT2D eigenvalue weighted by Crippen LogP contribution is 2.67. The number of aliphatic hydroxyl groups is 2. The Balaban J connectivity index is 1.63. The maximum Gasteiger partial charge on any atom is 0.159 e. The van der Waals surface area contributed by atoms with Crippen LogP contribution in [0.3, 0.4) is 0 Å². The van der Waals surface area contributed by atoms with Crippen molar-refractivity contribution in [3.8, 4) is 0 Å². The summed E-state index contributed by atoms with van der Waals surface area (Å²) < 4.78 is 0. The highest BCUT2D eigenvalue weighted by atomic mass is 16.3. The van der Waals surface area contributed by atoms with Gasteiger partial charge in [0.1, 0.15) is 0 Å². The van der Waals surface area contributed by atoms with Gasteiger partial charge in [0.2, 0.25) is 0 Å². The lowest BCUT2D eigenvalue weighted by molar-refractivity contribution is -0.114. The molecule has 4 heteroatoms. The third kappa shape index (κ3) is 3.57. The molecular weight excluding hydrogens is 412 g/mol. The highest BCUT2D eigenvalue weighted by molar-refractivity contribution is 5.94. The van der Waals surface area contributed by atoms with Crippen LogP contribution in [0, 0.1) is 17.3 Å². The normalized spacial score (nSPS) is 35.6. The van der Waals surface area contributed by atoms with E-state index in [1.165, 1.54) is 22.3 Å². The minimum absolute atomic E-state index is 0.0694. The van der Waals surface area contributed by atoms with E-state index >= 15 is 0 Å². The molecule has 2 saturated carbocycles. The number of hydrogen-bond donors (Lipinski definition) is 2. The van der Waals surface area contributed by atoms with Crippen LogP contribution in [0.5, 0.6) is 0 Å². The van der Waals surface area contributed by atoms with E-state index in [1.807, 2.05) is 18.2 Å². The van der Waals surface area contributed by atoms with Gasteiger partial charge < -0.3 is 10.2 Å². The molecule has 0 aliphatic heterocycles. The smallest absolute Gasteiger partial charge is 0.159 e. The molecule has 5 rings (SSSR count). The first kappa shape index (κ1) is 22.7. The SMILES string of the molecule is CC(=O)c1ccc([C@H]2C[C@]3(C)C(CC[C@]3(O)CCCO)C3CCC4=CC(=O)CCC4=C32)cc1. The van der Waals surface area contributed by atoms with Gasteiger partial charge in [-0.25, -0.2) is 0 Å². The lowest BCUT2D eigenvalue weighted by atomic mass is 9.51. The number of allylic oxidation sites excluding steroid dienone is 4. The second-order valence-corrected chi connectivity index (χ2v) is 11.1. The van der Waals surface area contributed by atoms with Crippen molar-refractivity contribution in [2.75, 3.05) is 6.61 Å².